The third-order valence-corrected chi connectivity index (χ3v) is 4.19. The standard InChI is InChI=1S/C18H21NO6/c1-19(2)8-10-3-9(4-14(22)17(10)24)18-15(23)7-12-13(21)5-11(20)6-16(12)25-18/h3-6,15,18,20-24H,7-8H2,1-2H3/t15-,18+/m0/s1. The summed E-state index contributed by atoms with van der Waals surface area (Å²) in [5, 5.41) is 50.0. The monoisotopic (exact) mass is 347 g/mol. The number of rotatable bonds is 3. The molecule has 3 rings (SSSR count). The fourth-order valence-corrected chi connectivity index (χ4v) is 3.08. The van der Waals surface area contributed by atoms with Gasteiger partial charge in [0.2, 0.25) is 0 Å². The van der Waals surface area contributed by atoms with Gasteiger partial charge in [0.05, 0.1) is 6.10 Å². The summed E-state index contributed by atoms with van der Waals surface area (Å²) in [5.74, 6) is -0.523. The first-order valence-corrected chi connectivity index (χ1v) is 7.85. The largest absolute Gasteiger partial charge is 0.508 e. The molecule has 2 aromatic rings. The van der Waals surface area contributed by atoms with Crippen LogP contribution in [0.2, 0.25) is 0 Å². The van der Waals surface area contributed by atoms with Crippen LogP contribution in [0.3, 0.4) is 0 Å². The molecule has 1 aliphatic heterocycles. The molecule has 1 heterocycles. The number of phenols is 4. The smallest absolute Gasteiger partial charge is 0.162 e. The highest BCUT2D eigenvalue weighted by atomic mass is 16.5. The van der Waals surface area contributed by atoms with Gasteiger partial charge in [-0.15, -0.1) is 0 Å². The van der Waals surface area contributed by atoms with E-state index < -0.39 is 12.2 Å². The van der Waals surface area contributed by atoms with Crippen molar-refractivity contribution < 1.29 is 30.3 Å². The molecular weight excluding hydrogens is 326 g/mol. The number of aliphatic hydroxyl groups excluding tert-OH is 1. The summed E-state index contributed by atoms with van der Waals surface area (Å²) in [6.45, 7) is 0.397. The summed E-state index contributed by atoms with van der Waals surface area (Å²) in [4.78, 5) is 1.84. The molecule has 5 N–H and O–H groups in total. The third-order valence-electron chi connectivity index (χ3n) is 4.19. The Labute approximate surface area is 145 Å². The Morgan fingerprint density at radius 2 is 1.76 bits per heavy atom. The molecule has 2 aromatic carbocycles. The second-order valence-corrected chi connectivity index (χ2v) is 6.54. The number of fused-ring (bicyclic) bond motifs is 1. The molecule has 0 saturated carbocycles. The molecule has 7 nitrogen and oxygen atoms in total. The maximum absolute atomic E-state index is 10.4. The lowest BCUT2D eigenvalue weighted by Crippen LogP contribution is -2.30. The van der Waals surface area contributed by atoms with Crippen molar-refractivity contribution in [3.63, 3.8) is 0 Å². The minimum absolute atomic E-state index is 0.136. The second-order valence-electron chi connectivity index (χ2n) is 6.54. The molecule has 25 heavy (non-hydrogen) atoms. The van der Waals surface area contributed by atoms with Crippen molar-refractivity contribution in [2.75, 3.05) is 14.1 Å². The van der Waals surface area contributed by atoms with Crippen LogP contribution in [0.15, 0.2) is 24.3 Å². The fraction of sp³-hybridized carbons (Fsp3) is 0.333. The zero-order chi connectivity index (χ0) is 18.3. The topological polar surface area (TPSA) is 114 Å². The van der Waals surface area contributed by atoms with Crippen molar-refractivity contribution in [1.29, 1.82) is 0 Å². The zero-order valence-electron chi connectivity index (χ0n) is 14.0. The second kappa shape index (κ2) is 6.34. The molecule has 0 fully saturated rings. The average Bonchev–Trinajstić information content (AvgIpc) is 2.51. The first-order chi connectivity index (χ1) is 11.8. The van der Waals surface area contributed by atoms with Gasteiger partial charge in [-0.3, -0.25) is 0 Å². The van der Waals surface area contributed by atoms with E-state index in [1.54, 1.807) is 6.07 Å². The molecule has 0 aromatic heterocycles. The van der Waals surface area contributed by atoms with E-state index in [1.165, 1.54) is 18.2 Å². The molecule has 0 aliphatic carbocycles. The van der Waals surface area contributed by atoms with Gasteiger partial charge in [0.1, 0.15) is 23.4 Å². The van der Waals surface area contributed by atoms with Gasteiger partial charge in [-0.1, -0.05) is 0 Å². The molecule has 0 spiro atoms. The molecule has 1 aliphatic rings. The molecule has 0 amide bonds. The van der Waals surface area contributed by atoms with Crippen LogP contribution in [0, 0.1) is 0 Å². The molecule has 2 atom stereocenters. The average molecular weight is 347 g/mol. The normalized spacial score (nSPS) is 19.5. The quantitative estimate of drug-likeness (QED) is 0.536. The Morgan fingerprint density at radius 1 is 1.04 bits per heavy atom. The molecule has 7 heteroatoms. The molecule has 0 saturated heterocycles. The molecule has 0 unspecified atom stereocenters. The number of aliphatic hydroxyl groups is 1. The Kier molecular flexibility index (Phi) is 4.36. The van der Waals surface area contributed by atoms with Crippen molar-refractivity contribution in [2.45, 2.75) is 25.2 Å². The summed E-state index contributed by atoms with van der Waals surface area (Å²) < 4.78 is 5.77. The Bertz CT molecular complexity index is 805. The van der Waals surface area contributed by atoms with Crippen LogP contribution in [-0.2, 0) is 13.0 Å². The number of hydrogen-bond donors (Lipinski definition) is 5. The molecular formula is C18H21NO6. The lowest BCUT2D eigenvalue weighted by atomic mass is 9.92. The fourth-order valence-electron chi connectivity index (χ4n) is 3.08. The van der Waals surface area contributed by atoms with E-state index in [0.717, 1.165) is 0 Å². The van der Waals surface area contributed by atoms with Crippen LogP contribution in [-0.4, -0.2) is 50.6 Å². The van der Waals surface area contributed by atoms with Gasteiger partial charge in [0.15, 0.2) is 11.5 Å². The van der Waals surface area contributed by atoms with Gasteiger partial charge in [0.25, 0.3) is 0 Å². The van der Waals surface area contributed by atoms with Crippen molar-refractivity contribution in [1.82, 2.24) is 4.90 Å². The number of phenolic OH excluding ortho intramolecular Hbond substituents is 4. The SMILES string of the molecule is CN(C)Cc1cc([C@H]2Oc3cc(O)cc(O)c3C[C@@H]2O)cc(O)c1O. The predicted octanol–water partition coefficient (Wildman–Crippen LogP) is 1.61. The van der Waals surface area contributed by atoms with Crippen LogP contribution < -0.4 is 4.74 Å². The Morgan fingerprint density at radius 3 is 2.44 bits per heavy atom. The number of benzene rings is 2. The van der Waals surface area contributed by atoms with Gasteiger partial charge in [0, 0.05) is 36.2 Å². The number of aromatic hydroxyl groups is 4. The van der Waals surface area contributed by atoms with Gasteiger partial charge >= 0.3 is 0 Å². The van der Waals surface area contributed by atoms with Gasteiger partial charge in [-0.05, 0) is 31.8 Å². The highest BCUT2D eigenvalue weighted by Crippen LogP contribution is 2.43. The minimum atomic E-state index is -0.959. The lowest BCUT2D eigenvalue weighted by molar-refractivity contribution is 0.0196. The van der Waals surface area contributed by atoms with Crippen LogP contribution >= 0.6 is 0 Å². The van der Waals surface area contributed by atoms with Crippen LogP contribution in [0.4, 0.5) is 0 Å². The van der Waals surface area contributed by atoms with E-state index in [4.69, 9.17) is 4.74 Å². The van der Waals surface area contributed by atoms with Crippen molar-refractivity contribution >= 4 is 0 Å². The third kappa shape index (κ3) is 3.29. The van der Waals surface area contributed by atoms with E-state index in [9.17, 15) is 25.5 Å². The van der Waals surface area contributed by atoms with Crippen LogP contribution in [0.1, 0.15) is 22.8 Å². The lowest BCUT2D eigenvalue weighted by Gasteiger charge is -2.31. The number of ether oxygens (including phenoxy) is 1. The molecule has 0 bridgehead atoms. The van der Waals surface area contributed by atoms with Gasteiger partial charge < -0.3 is 35.2 Å². The van der Waals surface area contributed by atoms with Crippen molar-refractivity contribution in [3.8, 4) is 28.7 Å². The van der Waals surface area contributed by atoms with Crippen molar-refractivity contribution in [3.05, 3.63) is 41.0 Å². The van der Waals surface area contributed by atoms with Crippen LogP contribution in [0.25, 0.3) is 0 Å². The van der Waals surface area contributed by atoms with E-state index in [1.807, 2.05) is 19.0 Å². The Balaban J connectivity index is 2.00. The molecule has 0 radical (unpaired) electrons. The van der Waals surface area contributed by atoms with Crippen LogP contribution in [0.5, 0.6) is 28.7 Å². The number of hydrogen-bond acceptors (Lipinski definition) is 7. The summed E-state index contributed by atoms with van der Waals surface area (Å²) in [6, 6.07) is 5.57. The number of nitrogens with zero attached hydrogens (tertiary/aromatic N) is 1. The van der Waals surface area contributed by atoms with Gasteiger partial charge in [-0.25, -0.2) is 0 Å². The van der Waals surface area contributed by atoms with Crippen molar-refractivity contribution in [2.24, 2.45) is 0 Å². The summed E-state index contributed by atoms with van der Waals surface area (Å²) >= 11 is 0. The maximum atomic E-state index is 10.4. The highest BCUT2D eigenvalue weighted by molar-refractivity contribution is 5.53. The minimum Gasteiger partial charge on any atom is -0.508 e. The molecule has 134 valence electrons. The first-order valence-electron chi connectivity index (χ1n) is 7.85. The van der Waals surface area contributed by atoms with Gasteiger partial charge in [-0.2, -0.15) is 0 Å². The Hall–Kier alpha value is -2.64. The van der Waals surface area contributed by atoms with E-state index in [-0.39, 0.29) is 35.2 Å². The van der Waals surface area contributed by atoms with E-state index in [2.05, 4.69) is 0 Å². The highest BCUT2D eigenvalue weighted by Gasteiger charge is 2.33. The van der Waals surface area contributed by atoms with E-state index in [0.29, 0.717) is 23.2 Å². The summed E-state index contributed by atoms with van der Waals surface area (Å²) in [6.07, 6.45) is -1.63. The first kappa shape index (κ1) is 17.2. The summed E-state index contributed by atoms with van der Waals surface area (Å²) in [7, 11) is 3.66. The van der Waals surface area contributed by atoms with E-state index >= 15 is 0 Å². The zero-order valence-corrected chi connectivity index (χ0v) is 14.0. The predicted molar refractivity (Wildman–Crippen MR) is 90.0 cm³/mol. The summed E-state index contributed by atoms with van der Waals surface area (Å²) in [5.41, 5.74) is 1.41. The maximum Gasteiger partial charge on any atom is 0.162 e.